The van der Waals surface area contributed by atoms with Gasteiger partial charge in [0.05, 0.1) is 6.10 Å². The normalized spacial score (nSPS) is 46.2. The lowest BCUT2D eigenvalue weighted by molar-refractivity contribution is -0.122. The molecule has 4 fully saturated rings. The number of ketones is 1. The fourth-order valence-corrected chi connectivity index (χ4v) is 9.65. The second-order valence-corrected chi connectivity index (χ2v) is 13.2. The van der Waals surface area contributed by atoms with Crippen LogP contribution in [0.5, 0.6) is 0 Å². The second kappa shape index (κ2) is 7.44. The third kappa shape index (κ3) is 3.17. The van der Waals surface area contributed by atoms with Crippen molar-refractivity contribution in [3.8, 4) is 0 Å². The number of aliphatic hydroxyl groups excluding tert-OH is 1. The number of hydrogen-bond acceptors (Lipinski definition) is 2. The van der Waals surface area contributed by atoms with Crippen LogP contribution < -0.4 is 0 Å². The Morgan fingerprint density at radius 3 is 2.45 bits per heavy atom. The molecule has 0 aromatic carbocycles. The number of Topliss-reactive ketones (excluding diaryl/α,β-unsaturated/α-hetero) is 1. The Kier molecular flexibility index (Phi) is 5.32. The number of fused-ring (bicyclic) bond motifs is 6. The summed E-state index contributed by atoms with van der Waals surface area (Å²) >= 11 is 0. The molecule has 0 radical (unpaired) electrons. The predicted octanol–water partition coefficient (Wildman–Crippen LogP) is 6.96. The number of carbonyl (C=O) groups is 1. The van der Waals surface area contributed by atoms with Gasteiger partial charge in [0.2, 0.25) is 0 Å². The average molecular weight is 427 g/mol. The maximum absolute atomic E-state index is 12.2. The Morgan fingerprint density at radius 2 is 1.77 bits per heavy atom. The Hall–Kier alpha value is -0.630. The van der Waals surface area contributed by atoms with E-state index in [-0.39, 0.29) is 17.4 Å². The summed E-state index contributed by atoms with van der Waals surface area (Å²) in [6, 6.07) is 0. The van der Waals surface area contributed by atoms with E-state index in [4.69, 9.17) is 0 Å². The molecule has 0 unspecified atom stereocenters. The van der Waals surface area contributed by atoms with Gasteiger partial charge in [0.15, 0.2) is 0 Å². The highest BCUT2D eigenvalue weighted by Crippen LogP contribution is 2.72. The highest BCUT2D eigenvalue weighted by molar-refractivity contribution is 5.80. The van der Waals surface area contributed by atoms with E-state index in [0.717, 1.165) is 42.9 Å². The van der Waals surface area contributed by atoms with Crippen molar-refractivity contribution in [1.82, 2.24) is 0 Å². The van der Waals surface area contributed by atoms with Gasteiger partial charge in [-0.05, 0) is 105 Å². The Balaban J connectivity index is 1.35. The number of carbonyl (C=O) groups excluding carboxylic acids is 1. The van der Waals surface area contributed by atoms with Gasteiger partial charge in [0.25, 0.3) is 0 Å². The Labute approximate surface area is 190 Å². The van der Waals surface area contributed by atoms with Gasteiger partial charge in [-0.1, -0.05) is 46.3 Å². The minimum absolute atomic E-state index is 0.0810. The summed E-state index contributed by atoms with van der Waals surface area (Å²) in [6.45, 7) is 11.7. The molecule has 31 heavy (non-hydrogen) atoms. The van der Waals surface area contributed by atoms with Crippen molar-refractivity contribution in [3.63, 3.8) is 0 Å². The molecule has 8 atom stereocenters. The molecular weight excluding hydrogens is 380 g/mol. The standard InChI is InChI=1S/C29H46O2/c1-18(2)24(30)10-6-19(3)21-8-9-22-20-7-11-25-28(5,23(20)12-14-27(21,22)4)15-13-26(31)29(25)16-17-29/h11,18-23,26,31H,6-10,12-17H2,1-5H3/t19-,20+,21-,22+,23+,26-,27-,28-/m1/s1. The van der Waals surface area contributed by atoms with E-state index in [1.807, 2.05) is 13.8 Å². The summed E-state index contributed by atoms with van der Waals surface area (Å²) < 4.78 is 0. The summed E-state index contributed by atoms with van der Waals surface area (Å²) in [6.07, 6.45) is 15.9. The van der Waals surface area contributed by atoms with E-state index in [1.54, 1.807) is 5.57 Å². The zero-order chi connectivity index (χ0) is 22.2. The van der Waals surface area contributed by atoms with Crippen LogP contribution in [0, 0.1) is 51.8 Å². The SMILES string of the molecule is CC(C)C(=O)CC[C@@H](C)[C@H]1CC[C@H]2[C@@H]3CC=C4C5(CC5)[C@H](O)CC[C@]4(C)[C@H]3CC[C@]12C. The molecule has 174 valence electrons. The Bertz CT molecular complexity index is 761. The van der Waals surface area contributed by atoms with Crippen LogP contribution in [-0.4, -0.2) is 17.0 Å². The topological polar surface area (TPSA) is 37.3 Å². The monoisotopic (exact) mass is 426 g/mol. The molecule has 0 aromatic heterocycles. The first kappa shape index (κ1) is 22.2. The van der Waals surface area contributed by atoms with E-state index < -0.39 is 0 Å². The van der Waals surface area contributed by atoms with Crippen LogP contribution in [0.25, 0.3) is 0 Å². The van der Waals surface area contributed by atoms with Crippen molar-refractivity contribution in [2.24, 2.45) is 51.8 Å². The molecule has 5 aliphatic carbocycles. The van der Waals surface area contributed by atoms with E-state index in [2.05, 4.69) is 26.8 Å². The van der Waals surface area contributed by atoms with Gasteiger partial charge in [-0.25, -0.2) is 0 Å². The molecule has 5 aliphatic rings. The van der Waals surface area contributed by atoms with Gasteiger partial charge in [-0.3, -0.25) is 4.79 Å². The third-order valence-electron chi connectivity index (χ3n) is 11.6. The molecular formula is C29H46O2. The third-order valence-corrected chi connectivity index (χ3v) is 11.6. The van der Waals surface area contributed by atoms with Crippen molar-refractivity contribution in [1.29, 1.82) is 0 Å². The fraction of sp³-hybridized carbons (Fsp3) is 0.897. The largest absolute Gasteiger partial charge is 0.392 e. The van der Waals surface area contributed by atoms with Crippen LogP contribution in [0.15, 0.2) is 11.6 Å². The molecule has 0 aromatic rings. The zero-order valence-electron chi connectivity index (χ0n) is 20.8. The van der Waals surface area contributed by atoms with Gasteiger partial charge < -0.3 is 5.11 Å². The predicted molar refractivity (Wildman–Crippen MR) is 126 cm³/mol. The number of hydrogen-bond donors (Lipinski definition) is 1. The quantitative estimate of drug-likeness (QED) is 0.483. The summed E-state index contributed by atoms with van der Waals surface area (Å²) in [5.41, 5.74) is 2.66. The van der Waals surface area contributed by atoms with E-state index in [1.165, 1.54) is 51.4 Å². The van der Waals surface area contributed by atoms with E-state index in [9.17, 15) is 9.90 Å². The molecule has 2 nitrogen and oxygen atoms in total. The smallest absolute Gasteiger partial charge is 0.135 e. The minimum atomic E-state index is -0.0810. The lowest BCUT2D eigenvalue weighted by atomic mass is 9.45. The lowest BCUT2D eigenvalue weighted by Gasteiger charge is -2.60. The van der Waals surface area contributed by atoms with E-state index >= 15 is 0 Å². The fourth-order valence-electron chi connectivity index (χ4n) is 9.65. The van der Waals surface area contributed by atoms with Crippen molar-refractivity contribution >= 4 is 5.78 Å². The summed E-state index contributed by atoms with van der Waals surface area (Å²) in [5, 5.41) is 10.8. The van der Waals surface area contributed by atoms with E-state index in [0.29, 0.717) is 22.5 Å². The van der Waals surface area contributed by atoms with Gasteiger partial charge in [-0.2, -0.15) is 0 Å². The van der Waals surface area contributed by atoms with Gasteiger partial charge in [0, 0.05) is 17.8 Å². The number of rotatable bonds is 5. The highest BCUT2D eigenvalue weighted by atomic mass is 16.3. The van der Waals surface area contributed by atoms with Crippen molar-refractivity contribution in [2.75, 3.05) is 0 Å². The van der Waals surface area contributed by atoms with Crippen molar-refractivity contribution in [2.45, 2.75) is 111 Å². The molecule has 0 heterocycles. The molecule has 5 rings (SSSR count). The summed E-state index contributed by atoms with van der Waals surface area (Å²) in [4.78, 5) is 12.2. The molecule has 1 spiro atoms. The molecule has 0 amide bonds. The van der Waals surface area contributed by atoms with Crippen LogP contribution in [0.1, 0.15) is 105 Å². The number of aliphatic hydroxyl groups is 1. The molecule has 1 N–H and O–H groups in total. The van der Waals surface area contributed by atoms with Crippen LogP contribution in [0.3, 0.4) is 0 Å². The summed E-state index contributed by atoms with van der Waals surface area (Å²) in [5.74, 6) is 4.61. The maximum atomic E-state index is 12.2. The van der Waals surface area contributed by atoms with Gasteiger partial charge in [0.1, 0.15) is 5.78 Å². The van der Waals surface area contributed by atoms with Crippen LogP contribution in [0.4, 0.5) is 0 Å². The van der Waals surface area contributed by atoms with Crippen LogP contribution in [-0.2, 0) is 4.79 Å². The molecule has 0 bridgehead atoms. The molecule has 0 saturated heterocycles. The summed E-state index contributed by atoms with van der Waals surface area (Å²) in [7, 11) is 0. The highest BCUT2D eigenvalue weighted by Gasteiger charge is 2.65. The second-order valence-electron chi connectivity index (χ2n) is 13.2. The Morgan fingerprint density at radius 1 is 1.03 bits per heavy atom. The molecule has 2 heteroatoms. The first-order chi connectivity index (χ1) is 14.6. The van der Waals surface area contributed by atoms with Crippen LogP contribution in [0.2, 0.25) is 0 Å². The average Bonchev–Trinajstić information content (AvgIpc) is 3.44. The van der Waals surface area contributed by atoms with Gasteiger partial charge >= 0.3 is 0 Å². The minimum Gasteiger partial charge on any atom is -0.392 e. The van der Waals surface area contributed by atoms with Gasteiger partial charge in [-0.15, -0.1) is 0 Å². The van der Waals surface area contributed by atoms with Crippen LogP contribution >= 0.6 is 0 Å². The zero-order valence-corrected chi connectivity index (χ0v) is 20.8. The molecule has 0 aliphatic heterocycles. The maximum Gasteiger partial charge on any atom is 0.135 e. The van der Waals surface area contributed by atoms with Crippen molar-refractivity contribution < 1.29 is 9.90 Å². The lowest BCUT2D eigenvalue weighted by Crippen LogP contribution is -2.53. The number of allylic oxidation sites excluding steroid dienone is 1. The molecule has 4 saturated carbocycles. The first-order valence-electron chi connectivity index (χ1n) is 13.6. The first-order valence-corrected chi connectivity index (χ1v) is 13.6. The van der Waals surface area contributed by atoms with Crippen molar-refractivity contribution in [3.05, 3.63) is 11.6 Å².